The Labute approximate surface area is 114 Å². The molecule has 1 aromatic carbocycles. The maximum absolute atomic E-state index is 9.22. The van der Waals surface area contributed by atoms with Gasteiger partial charge in [-0.3, -0.25) is 0 Å². The van der Waals surface area contributed by atoms with Crippen molar-refractivity contribution in [3.63, 3.8) is 0 Å². The van der Waals surface area contributed by atoms with E-state index in [4.69, 9.17) is 4.74 Å². The molecule has 0 atom stereocenters. The molecule has 4 heteroatoms. The van der Waals surface area contributed by atoms with E-state index in [1.807, 2.05) is 30.3 Å². The molecule has 1 heterocycles. The zero-order chi connectivity index (χ0) is 12.5. The molecule has 0 amide bonds. The van der Waals surface area contributed by atoms with E-state index in [9.17, 15) is 5.11 Å². The Morgan fingerprint density at radius 3 is 2.89 bits per heavy atom. The van der Waals surface area contributed by atoms with Crippen LogP contribution in [0.5, 0.6) is 5.88 Å². The van der Waals surface area contributed by atoms with Crippen LogP contribution in [0.25, 0.3) is 10.9 Å². The van der Waals surface area contributed by atoms with Gasteiger partial charge in [-0.1, -0.05) is 12.1 Å². The van der Waals surface area contributed by atoms with Crippen LogP contribution >= 0.6 is 15.9 Å². The molecule has 1 N–H and O–H groups in total. The van der Waals surface area contributed by atoms with Crippen LogP contribution in [0.2, 0.25) is 0 Å². The van der Waals surface area contributed by atoms with Gasteiger partial charge in [0.2, 0.25) is 5.88 Å². The Hall–Kier alpha value is -1.13. The van der Waals surface area contributed by atoms with Gasteiger partial charge in [-0.2, -0.15) is 0 Å². The fourth-order valence-corrected chi connectivity index (χ4v) is 2.68. The minimum absolute atomic E-state index is 0.127. The van der Waals surface area contributed by atoms with Gasteiger partial charge in [0, 0.05) is 15.9 Å². The van der Waals surface area contributed by atoms with Gasteiger partial charge in [0.05, 0.1) is 18.2 Å². The average Bonchev–Trinajstić information content (AvgIpc) is 2.34. The largest absolute Gasteiger partial charge is 0.477 e. The smallest absolute Gasteiger partial charge is 0.213 e. The van der Waals surface area contributed by atoms with Gasteiger partial charge in [0.1, 0.15) is 0 Å². The fraction of sp³-hybridized carbons (Fsp3) is 0.357. The number of halogens is 1. The van der Waals surface area contributed by atoms with Crippen molar-refractivity contribution in [3.8, 4) is 5.88 Å². The molecule has 0 aliphatic heterocycles. The van der Waals surface area contributed by atoms with E-state index >= 15 is 0 Å². The van der Waals surface area contributed by atoms with E-state index in [2.05, 4.69) is 20.9 Å². The van der Waals surface area contributed by atoms with Crippen LogP contribution in [-0.4, -0.2) is 22.8 Å². The van der Waals surface area contributed by atoms with E-state index in [0.29, 0.717) is 18.4 Å². The number of ether oxygens (including phenoxy) is 1. The van der Waals surface area contributed by atoms with Crippen LogP contribution in [0.3, 0.4) is 0 Å². The lowest BCUT2D eigenvalue weighted by molar-refractivity contribution is 0.0195. The molecule has 0 bridgehead atoms. The number of aromatic nitrogens is 1. The average molecular weight is 308 g/mol. The minimum atomic E-state index is -0.127. The molecule has 94 valence electrons. The van der Waals surface area contributed by atoms with Gasteiger partial charge in [-0.05, 0) is 46.8 Å². The van der Waals surface area contributed by atoms with Crippen molar-refractivity contribution in [2.75, 3.05) is 6.61 Å². The molecule has 1 aliphatic rings. The number of hydrogen-bond acceptors (Lipinski definition) is 3. The number of aliphatic hydroxyl groups excluding tert-OH is 1. The van der Waals surface area contributed by atoms with Crippen molar-refractivity contribution in [2.45, 2.75) is 18.9 Å². The van der Waals surface area contributed by atoms with E-state index in [1.165, 1.54) is 0 Å². The molecule has 18 heavy (non-hydrogen) atoms. The molecular weight excluding hydrogens is 294 g/mol. The lowest BCUT2D eigenvalue weighted by Crippen LogP contribution is -2.32. The first-order valence-corrected chi connectivity index (χ1v) is 6.88. The first-order chi connectivity index (χ1) is 8.72. The summed E-state index contributed by atoms with van der Waals surface area (Å²) in [6.45, 7) is 0.639. The van der Waals surface area contributed by atoms with Gasteiger partial charge in [0.25, 0.3) is 0 Å². The molecule has 1 fully saturated rings. The summed E-state index contributed by atoms with van der Waals surface area (Å²) in [6.07, 6.45) is 1.56. The van der Waals surface area contributed by atoms with E-state index in [0.717, 1.165) is 28.2 Å². The number of para-hydroxylation sites is 1. The number of aliphatic hydroxyl groups is 1. The van der Waals surface area contributed by atoms with Crippen molar-refractivity contribution in [2.24, 2.45) is 5.92 Å². The van der Waals surface area contributed by atoms with Crippen LogP contribution in [-0.2, 0) is 0 Å². The monoisotopic (exact) mass is 307 g/mol. The highest BCUT2D eigenvalue weighted by molar-refractivity contribution is 9.10. The summed E-state index contributed by atoms with van der Waals surface area (Å²) < 4.78 is 6.65. The SMILES string of the molecule is OC1CC(COc2ccc3cccc(Br)c3n2)C1. The summed E-state index contributed by atoms with van der Waals surface area (Å²) in [5, 5.41) is 10.3. The second-order valence-electron chi connectivity index (χ2n) is 4.76. The third-order valence-electron chi connectivity index (χ3n) is 3.32. The van der Waals surface area contributed by atoms with Crippen LogP contribution in [0.1, 0.15) is 12.8 Å². The van der Waals surface area contributed by atoms with Crippen LogP contribution in [0, 0.1) is 5.92 Å². The maximum Gasteiger partial charge on any atom is 0.213 e. The quantitative estimate of drug-likeness (QED) is 0.947. The number of rotatable bonds is 3. The third-order valence-corrected chi connectivity index (χ3v) is 3.96. The Morgan fingerprint density at radius 2 is 2.11 bits per heavy atom. The second-order valence-corrected chi connectivity index (χ2v) is 5.62. The number of pyridine rings is 1. The van der Waals surface area contributed by atoms with Crippen LogP contribution in [0.4, 0.5) is 0 Å². The standard InChI is InChI=1S/C14H14BrNO2/c15-12-3-1-2-10-4-5-13(16-14(10)12)18-8-9-6-11(17)7-9/h1-5,9,11,17H,6-8H2. The fourth-order valence-electron chi connectivity index (χ4n) is 2.21. The predicted molar refractivity (Wildman–Crippen MR) is 73.7 cm³/mol. The van der Waals surface area contributed by atoms with Crippen molar-refractivity contribution in [1.82, 2.24) is 4.98 Å². The zero-order valence-electron chi connectivity index (χ0n) is 9.84. The van der Waals surface area contributed by atoms with E-state index in [-0.39, 0.29) is 6.10 Å². The van der Waals surface area contributed by atoms with Crippen molar-refractivity contribution in [3.05, 3.63) is 34.8 Å². The lowest BCUT2D eigenvalue weighted by Gasteiger charge is -2.30. The number of nitrogens with zero attached hydrogens (tertiary/aromatic N) is 1. The highest BCUT2D eigenvalue weighted by atomic mass is 79.9. The summed E-state index contributed by atoms with van der Waals surface area (Å²) in [5.41, 5.74) is 0.920. The molecule has 1 aliphatic carbocycles. The summed E-state index contributed by atoms with van der Waals surface area (Å²) in [7, 11) is 0. The molecule has 0 unspecified atom stereocenters. The summed E-state index contributed by atoms with van der Waals surface area (Å²) in [5.74, 6) is 1.12. The number of hydrogen-bond donors (Lipinski definition) is 1. The molecular formula is C14H14BrNO2. The summed E-state index contributed by atoms with van der Waals surface area (Å²) in [6, 6.07) is 9.90. The maximum atomic E-state index is 9.22. The Bertz CT molecular complexity index is 567. The lowest BCUT2D eigenvalue weighted by atomic mass is 9.83. The Kier molecular flexibility index (Phi) is 3.22. The van der Waals surface area contributed by atoms with Gasteiger partial charge < -0.3 is 9.84 Å². The van der Waals surface area contributed by atoms with E-state index in [1.54, 1.807) is 0 Å². The van der Waals surface area contributed by atoms with Crippen molar-refractivity contribution < 1.29 is 9.84 Å². The zero-order valence-corrected chi connectivity index (χ0v) is 11.4. The Balaban J connectivity index is 1.74. The highest BCUT2D eigenvalue weighted by Gasteiger charge is 2.27. The van der Waals surface area contributed by atoms with Crippen molar-refractivity contribution in [1.29, 1.82) is 0 Å². The number of benzene rings is 1. The molecule has 1 aromatic heterocycles. The molecule has 3 rings (SSSR count). The minimum Gasteiger partial charge on any atom is -0.477 e. The van der Waals surface area contributed by atoms with Gasteiger partial charge >= 0.3 is 0 Å². The first kappa shape index (κ1) is 11.9. The molecule has 3 nitrogen and oxygen atoms in total. The normalized spacial score (nSPS) is 22.8. The van der Waals surface area contributed by atoms with E-state index < -0.39 is 0 Å². The topological polar surface area (TPSA) is 42.4 Å². The Morgan fingerprint density at radius 1 is 1.28 bits per heavy atom. The van der Waals surface area contributed by atoms with Crippen LogP contribution in [0.15, 0.2) is 34.8 Å². The molecule has 1 saturated carbocycles. The molecule has 2 aromatic rings. The van der Waals surface area contributed by atoms with Gasteiger partial charge in [-0.25, -0.2) is 4.98 Å². The molecule has 0 spiro atoms. The molecule has 0 saturated heterocycles. The summed E-state index contributed by atoms with van der Waals surface area (Å²) >= 11 is 3.49. The highest BCUT2D eigenvalue weighted by Crippen LogP contribution is 2.28. The van der Waals surface area contributed by atoms with Gasteiger partial charge in [0.15, 0.2) is 0 Å². The van der Waals surface area contributed by atoms with Crippen LogP contribution < -0.4 is 4.74 Å². The second kappa shape index (κ2) is 4.86. The predicted octanol–water partition coefficient (Wildman–Crippen LogP) is 3.15. The number of fused-ring (bicyclic) bond motifs is 1. The summed E-state index contributed by atoms with van der Waals surface area (Å²) in [4.78, 5) is 4.49. The third kappa shape index (κ3) is 2.35. The molecule has 0 radical (unpaired) electrons. The van der Waals surface area contributed by atoms with Gasteiger partial charge in [-0.15, -0.1) is 0 Å². The van der Waals surface area contributed by atoms with Crippen molar-refractivity contribution >= 4 is 26.8 Å². The first-order valence-electron chi connectivity index (χ1n) is 6.08.